The van der Waals surface area contributed by atoms with Crippen LogP contribution in [0.1, 0.15) is 32.1 Å². The number of halogens is 1. The first-order chi connectivity index (χ1) is 15.4. The standard InChI is InChI=1S/C24H30BrN3O3S/c25-20-11-13-23(14-12-20)32(30,31)28(22-9-5-2-6-10-22)19-24(29)27-17-15-26(16-18-27)21-7-3-1-4-8-21/h1,3-4,7-8,11-14,22H,2,5-6,9-10,15-19H2. The van der Waals surface area contributed by atoms with E-state index in [-0.39, 0.29) is 23.4 Å². The summed E-state index contributed by atoms with van der Waals surface area (Å²) in [6.07, 6.45) is 4.75. The number of sulfonamides is 1. The van der Waals surface area contributed by atoms with Crippen molar-refractivity contribution < 1.29 is 13.2 Å². The van der Waals surface area contributed by atoms with E-state index in [1.54, 1.807) is 24.3 Å². The molecular formula is C24H30BrN3O3S. The molecule has 0 bridgehead atoms. The van der Waals surface area contributed by atoms with Gasteiger partial charge < -0.3 is 9.80 Å². The fourth-order valence-electron chi connectivity index (χ4n) is 4.61. The molecule has 1 aliphatic heterocycles. The minimum absolute atomic E-state index is 0.0889. The molecule has 32 heavy (non-hydrogen) atoms. The van der Waals surface area contributed by atoms with Gasteiger partial charge in [0.05, 0.1) is 11.4 Å². The highest BCUT2D eigenvalue weighted by molar-refractivity contribution is 9.10. The Kier molecular flexibility index (Phi) is 7.53. The number of benzene rings is 2. The molecule has 0 atom stereocenters. The number of amides is 1. The zero-order valence-corrected chi connectivity index (χ0v) is 20.6. The second-order valence-corrected chi connectivity index (χ2v) is 11.3. The van der Waals surface area contributed by atoms with Crippen LogP contribution < -0.4 is 4.90 Å². The van der Waals surface area contributed by atoms with Crippen LogP contribution in [0, 0.1) is 0 Å². The molecule has 0 aromatic heterocycles. The Labute approximate surface area is 199 Å². The van der Waals surface area contributed by atoms with E-state index in [9.17, 15) is 13.2 Å². The van der Waals surface area contributed by atoms with Gasteiger partial charge in [-0.2, -0.15) is 4.31 Å². The molecule has 172 valence electrons. The number of nitrogens with zero attached hydrogens (tertiary/aromatic N) is 3. The van der Waals surface area contributed by atoms with Crippen LogP contribution in [0.2, 0.25) is 0 Å². The topological polar surface area (TPSA) is 60.9 Å². The number of hydrogen-bond donors (Lipinski definition) is 0. The summed E-state index contributed by atoms with van der Waals surface area (Å²) in [5.41, 5.74) is 1.15. The maximum Gasteiger partial charge on any atom is 0.243 e. The number of carbonyl (C=O) groups is 1. The maximum absolute atomic E-state index is 13.5. The first kappa shape index (κ1) is 23.3. The quantitative estimate of drug-likeness (QED) is 0.575. The summed E-state index contributed by atoms with van der Waals surface area (Å²) in [5.74, 6) is -0.107. The van der Waals surface area contributed by atoms with E-state index in [1.165, 1.54) is 4.31 Å². The number of para-hydroxylation sites is 1. The first-order valence-electron chi connectivity index (χ1n) is 11.3. The first-order valence-corrected chi connectivity index (χ1v) is 13.5. The van der Waals surface area contributed by atoms with Crippen molar-refractivity contribution in [3.05, 3.63) is 59.1 Å². The highest BCUT2D eigenvalue weighted by atomic mass is 79.9. The Morgan fingerprint density at radius 1 is 0.906 bits per heavy atom. The van der Waals surface area contributed by atoms with Gasteiger partial charge in [-0.05, 0) is 49.2 Å². The van der Waals surface area contributed by atoms with Crippen molar-refractivity contribution >= 4 is 37.5 Å². The van der Waals surface area contributed by atoms with Crippen LogP contribution >= 0.6 is 15.9 Å². The molecule has 6 nitrogen and oxygen atoms in total. The monoisotopic (exact) mass is 519 g/mol. The fraction of sp³-hybridized carbons (Fsp3) is 0.458. The molecule has 0 unspecified atom stereocenters. The van der Waals surface area contributed by atoms with Crippen molar-refractivity contribution in [2.45, 2.75) is 43.0 Å². The lowest BCUT2D eigenvalue weighted by Crippen LogP contribution is -2.53. The van der Waals surface area contributed by atoms with Gasteiger partial charge in [0.25, 0.3) is 0 Å². The predicted octanol–water partition coefficient (Wildman–Crippen LogP) is 4.12. The lowest BCUT2D eigenvalue weighted by molar-refractivity contribution is -0.132. The summed E-state index contributed by atoms with van der Waals surface area (Å²) in [4.78, 5) is 17.5. The molecule has 2 aromatic carbocycles. The summed E-state index contributed by atoms with van der Waals surface area (Å²) in [6, 6.07) is 16.7. The lowest BCUT2D eigenvalue weighted by atomic mass is 9.95. The van der Waals surface area contributed by atoms with Gasteiger partial charge in [-0.3, -0.25) is 4.79 Å². The van der Waals surface area contributed by atoms with Gasteiger partial charge in [0.2, 0.25) is 15.9 Å². The molecule has 0 radical (unpaired) electrons. The minimum atomic E-state index is -3.75. The molecule has 1 heterocycles. The zero-order chi connectivity index (χ0) is 22.6. The van der Waals surface area contributed by atoms with Crippen LogP contribution in [0.4, 0.5) is 5.69 Å². The van der Waals surface area contributed by atoms with Gasteiger partial charge >= 0.3 is 0 Å². The highest BCUT2D eigenvalue weighted by Crippen LogP contribution is 2.28. The number of anilines is 1. The van der Waals surface area contributed by atoms with Gasteiger partial charge in [0, 0.05) is 42.4 Å². The second-order valence-electron chi connectivity index (χ2n) is 8.50. The zero-order valence-electron chi connectivity index (χ0n) is 18.2. The third kappa shape index (κ3) is 5.35. The molecule has 1 saturated heterocycles. The predicted molar refractivity (Wildman–Crippen MR) is 130 cm³/mol. The lowest BCUT2D eigenvalue weighted by Gasteiger charge is -2.38. The second kappa shape index (κ2) is 10.4. The summed E-state index contributed by atoms with van der Waals surface area (Å²) in [6.45, 7) is 2.61. The summed E-state index contributed by atoms with van der Waals surface area (Å²) < 4.78 is 29.4. The molecule has 0 spiro atoms. The molecule has 2 aromatic rings. The van der Waals surface area contributed by atoms with E-state index in [1.807, 2.05) is 23.1 Å². The van der Waals surface area contributed by atoms with Crippen LogP contribution in [0.25, 0.3) is 0 Å². The van der Waals surface area contributed by atoms with E-state index in [4.69, 9.17) is 0 Å². The number of piperazine rings is 1. The van der Waals surface area contributed by atoms with Crippen LogP contribution in [0.5, 0.6) is 0 Å². The third-order valence-electron chi connectivity index (χ3n) is 6.45. The van der Waals surface area contributed by atoms with Gasteiger partial charge in [-0.15, -0.1) is 0 Å². The molecular weight excluding hydrogens is 490 g/mol. The molecule has 1 aliphatic carbocycles. The van der Waals surface area contributed by atoms with E-state index >= 15 is 0 Å². The molecule has 1 saturated carbocycles. The molecule has 8 heteroatoms. The molecule has 1 amide bonds. The van der Waals surface area contributed by atoms with Crippen LogP contribution in [-0.4, -0.2) is 62.3 Å². The average molecular weight is 520 g/mol. The van der Waals surface area contributed by atoms with Gasteiger partial charge in [0.15, 0.2) is 0 Å². The summed E-state index contributed by atoms with van der Waals surface area (Å²) >= 11 is 3.37. The molecule has 4 rings (SSSR count). The average Bonchev–Trinajstić information content (AvgIpc) is 2.84. The van der Waals surface area contributed by atoms with E-state index < -0.39 is 10.0 Å². The summed E-state index contributed by atoms with van der Waals surface area (Å²) in [5, 5.41) is 0. The number of carbonyl (C=O) groups excluding carboxylic acids is 1. The van der Waals surface area contributed by atoms with Gasteiger partial charge in [0.1, 0.15) is 0 Å². The number of rotatable bonds is 6. The molecule has 0 N–H and O–H groups in total. The van der Waals surface area contributed by atoms with Crippen molar-refractivity contribution in [2.24, 2.45) is 0 Å². The van der Waals surface area contributed by atoms with Crippen molar-refractivity contribution in [2.75, 3.05) is 37.6 Å². The van der Waals surface area contributed by atoms with Crippen LogP contribution in [0.3, 0.4) is 0 Å². The largest absolute Gasteiger partial charge is 0.368 e. The minimum Gasteiger partial charge on any atom is -0.368 e. The van der Waals surface area contributed by atoms with E-state index in [2.05, 4.69) is 33.0 Å². The Morgan fingerprint density at radius 3 is 2.16 bits per heavy atom. The highest BCUT2D eigenvalue weighted by Gasteiger charge is 2.35. The third-order valence-corrected chi connectivity index (χ3v) is 8.89. The van der Waals surface area contributed by atoms with Crippen molar-refractivity contribution in [3.63, 3.8) is 0 Å². The van der Waals surface area contributed by atoms with E-state index in [0.29, 0.717) is 13.1 Å². The van der Waals surface area contributed by atoms with Crippen molar-refractivity contribution in [1.82, 2.24) is 9.21 Å². The van der Waals surface area contributed by atoms with Crippen LogP contribution in [-0.2, 0) is 14.8 Å². The fourth-order valence-corrected chi connectivity index (χ4v) is 6.51. The summed E-state index contributed by atoms with van der Waals surface area (Å²) in [7, 11) is -3.75. The van der Waals surface area contributed by atoms with Crippen molar-refractivity contribution in [3.8, 4) is 0 Å². The van der Waals surface area contributed by atoms with Gasteiger partial charge in [-0.1, -0.05) is 53.4 Å². The maximum atomic E-state index is 13.5. The SMILES string of the molecule is O=C(CN(C1CCCCC1)S(=O)(=O)c1ccc(Br)cc1)N1CCN(c2ccccc2)CC1. The van der Waals surface area contributed by atoms with Gasteiger partial charge in [-0.25, -0.2) is 8.42 Å². The normalized spacial score (nSPS) is 18.2. The molecule has 2 aliphatic rings. The Hall–Kier alpha value is -1.90. The Bertz CT molecular complexity index is 1000. The number of hydrogen-bond acceptors (Lipinski definition) is 4. The smallest absolute Gasteiger partial charge is 0.243 e. The Morgan fingerprint density at radius 2 is 1.53 bits per heavy atom. The van der Waals surface area contributed by atoms with Crippen molar-refractivity contribution in [1.29, 1.82) is 0 Å². The van der Waals surface area contributed by atoms with E-state index in [0.717, 1.165) is 55.4 Å². The van der Waals surface area contributed by atoms with Crippen LogP contribution in [0.15, 0.2) is 64.0 Å². The Balaban J connectivity index is 1.47. The molecule has 2 fully saturated rings.